The Balaban J connectivity index is 3.38. The van der Waals surface area contributed by atoms with Crippen LogP contribution >= 0.6 is 11.8 Å². The van der Waals surface area contributed by atoms with Crippen molar-refractivity contribution in [2.24, 2.45) is 4.99 Å². The molecule has 1 heterocycles. The Hall–Kier alpha value is -1.30. The summed E-state index contributed by atoms with van der Waals surface area (Å²) in [7, 11) is 0. The topological polar surface area (TPSA) is 84.1 Å². The Bertz CT molecular complexity index is 359. The lowest BCUT2D eigenvalue weighted by Crippen LogP contribution is -2.11. The summed E-state index contributed by atoms with van der Waals surface area (Å²) in [4.78, 5) is 21.0. The monoisotopic (exact) mass is 184 g/mol. The van der Waals surface area contributed by atoms with Gasteiger partial charge in [-0.2, -0.15) is 0 Å². The second-order valence-corrected chi connectivity index (χ2v) is 2.76. The maximum Gasteiger partial charge on any atom is 0.279 e. The molecule has 64 valence electrons. The van der Waals surface area contributed by atoms with Crippen molar-refractivity contribution in [1.29, 1.82) is 0 Å². The lowest BCUT2D eigenvalue weighted by molar-refractivity contribution is 0.948. The van der Waals surface area contributed by atoms with E-state index in [0.717, 1.165) is 0 Å². The Labute approximate surface area is 73.1 Å². The molecule has 1 aromatic heterocycles. The quantitative estimate of drug-likeness (QED) is 0.396. The Kier molecular flexibility index (Phi) is 2.49. The molecule has 12 heavy (non-hydrogen) atoms. The predicted octanol–water partition coefficient (Wildman–Crippen LogP) is 0.406. The molecule has 0 aliphatic carbocycles. The van der Waals surface area contributed by atoms with Gasteiger partial charge in [0.2, 0.25) is 0 Å². The van der Waals surface area contributed by atoms with Gasteiger partial charge in [0.25, 0.3) is 5.56 Å². The van der Waals surface area contributed by atoms with Crippen molar-refractivity contribution < 1.29 is 0 Å². The molecule has 3 N–H and O–H groups in total. The van der Waals surface area contributed by atoms with Gasteiger partial charge < -0.3 is 5.73 Å². The molecule has 0 bridgehead atoms. The van der Waals surface area contributed by atoms with Crippen LogP contribution in [0, 0.1) is 0 Å². The fourth-order valence-corrected chi connectivity index (χ4v) is 1.10. The van der Waals surface area contributed by atoms with Gasteiger partial charge in [0.1, 0.15) is 0 Å². The fourth-order valence-electron chi connectivity index (χ4n) is 0.712. The second kappa shape index (κ2) is 3.40. The van der Waals surface area contributed by atoms with Crippen LogP contribution < -0.4 is 11.3 Å². The van der Waals surface area contributed by atoms with Gasteiger partial charge in [-0.1, -0.05) is 11.8 Å². The summed E-state index contributed by atoms with van der Waals surface area (Å²) in [6.45, 7) is 3.21. The van der Waals surface area contributed by atoms with Gasteiger partial charge in [-0.05, 0) is 13.0 Å². The molecular formula is C6H8N4OS. The van der Waals surface area contributed by atoms with Crippen molar-refractivity contribution in [3.63, 3.8) is 0 Å². The minimum atomic E-state index is -0.359. The van der Waals surface area contributed by atoms with Gasteiger partial charge in [0.05, 0.1) is 0 Å². The summed E-state index contributed by atoms with van der Waals surface area (Å²) in [6, 6.07) is 0. The number of aliphatic imine (C=N–C) groups is 1. The highest BCUT2D eigenvalue weighted by atomic mass is 32.2. The number of anilines is 1. The summed E-state index contributed by atoms with van der Waals surface area (Å²) < 4.78 is 0. The number of nitrogens with one attached hydrogen (secondary N) is 1. The van der Waals surface area contributed by atoms with Gasteiger partial charge in [-0.15, -0.1) is 0 Å². The minimum absolute atomic E-state index is 0.0767. The van der Waals surface area contributed by atoms with Crippen molar-refractivity contribution in [2.45, 2.75) is 5.16 Å². The Morgan fingerprint density at radius 3 is 2.83 bits per heavy atom. The number of aromatic amines is 1. The first kappa shape index (κ1) is 8.79. The third-order valence-corrected chi connectivity index (χ3v) is 1.83. The van der Waals surface area contributed by atoms with E-state index in [0.29, 0.717) is 5.16 Å². The number of nitrogen functional groups attached to an aromatic ring is 1. The van der Waals surface area contributed by atoms with Crippen LogP contribution in [0.2, 0.25) is 0 Å². The zero-order chi connectivity index (χ0) is 9.14. The average molecular weight is 184 g/mol. The number of hydrogen-bond donors (Lipinski definition) is 2. The van der Waals surface area contributed by atoms with E-state index in [1.807, 2.05) is 0 Å². The zero-order valence-electron chi connectivity index (χ0n) is 6.50. The molecule has 0 spiro atoms. The number of rotatable bonds is 2. The number of hydrogen-bond acceptors (Lipinski definition) is 5. The number of thioether (sulfide) groups is 1. The second-order valence-electron chi connectivity index (χ2n) is 1.97. The summed E-state index contributed by atoms with van der Waals surface area (Å²) >= 11 is 1.31. The highest BCUT2D eigenvalue weighted by molar-refractivity contribution is 7.98. The van der Waals surface area contributed by atoms with E-state index >= 15 is 0 Å². The summed E-state index contributed by atoms with van der Waals surface area (Å²) in [5, 5.41) is 0.477. The molecule has 1 rings (SSSR count). The maximum atomic E-state index is 11.1. The Morgan fingerprint density at radius 1 is 1.75 bits per heavy atom. The van der Waals surface area contributed by atoms with Crippen LogP contribution in [0.25, 0.3) is 0 Å². The first-order chi connectivity index (χ1) is 5.69. The number of nitrogens with two attached hydrogens (primary N) is 1. The van der Waals surface area contributed by atoms with Crippen molar-refractivity contribution in [1.82, 2.24) is 9.97 Å². The van der Waals surface area contributed by atoms with Crippen LogP contribution in [0.4, 0.5) is 11.5 Å². The molecule has 1 aromatic rings. The van der Waals surface area contributed by atoms with Crippen LogP contribution in [0.1, 0.15) is 0 Å². The molecular weight excluding hydrogens is 176 g/mol. The third-order valence-electron chi connectivity index (χ3n) is 1.25. The SMILES string of the molecule is C=Nc1c(N)nc(SC)[nH]c1=O. The van der Waals surface area contributed by atoms with Crippen molar-refractivity contribution in [3.05, 3.63) is 10.4 Å². The highest BCUT2D eigenvalue weighted by Gasteiger charge is 2.05. The van der Waals surface area contributed by atoms with E-state index in [2.05, 4.69) is 21.7 Å². The van der Waals surface area contributed by atoms with Crippen molar-refractivity contribution in [3.8, 4) is 0 Å². The fraction of sp³-hybridized carbons (Fsp3) is 0.167. The van der Waals surface area contributed by atoms with Gasteiger partial charge in [0, 0.05) is 0 Å². The van der Waals surface area contributed by atoms with E-state index in [4.69, 9.17) is 5.73 Å². The molecule has 0 aliphatic heterocycles. The average Bonchev–Trinajstić information content (AvgIpc) is 2.03. The van der Waals surface area contributed by atoms with Gasteiger partial charge in [0.15, 0.2) is 16.7 Å². The first-order valence-electron chi connectivity index (χ1n) is 3.09. The van der Waals surface area contributed by atoms with Gasteiger partial charge >= 0.3 is 0 Å². The maximum absolute atomic E-state index is 11.1. The van der Waals surface area contributed by atoms with Crippen LogP contribution in [0.15, 0.2) is 14.9 Å². The normalized spacial score (nSPS) is 9.75. The Morgan fingerprint density at radius 2 is 2.42 bits per heavy atom. The number of H-pyrrole nitrogens is 1. The molecule has 0 aromatic carbocycles. The van der Waals surface area contributed by atoms with E-state index in [9.17, 15) is 4.79 Å². The van der Waals surface area contributed by atoms with Crippen LogP contribution in [-0.4, -0.2) is 22.9 Å². The molecule has 0 saturated carbocycles. The molecule has 0 amide bonds. The number of aromatic nitrogens is 2. The van der Waals surface area contributed by atoms with Crippen molar-refractivity contribution in [2.75, 3.05) is 12.0 Å². The largest absolute Gasteiger partial charge is 0.382 e. The van der Waals surface area contributed by atoms with Gasteiger partial charge in [-0.3, -0.25) is 14.8 Å². The summed E-state index contributed by atoms with van der Waals surface area (Å²) in [5.74, 6) is 0.109. The molecule has 0 atom stereocenters. The first-order valence-corrected chi connectivity index (χ1v) is 4.32. The summed E-state index contributed by atoms with van der Waals surface area (Å²) in [6.07, 6.45) is 1.79. The van der Waals surface area contributed by atoms with Crippen molar-refractivity contribution >= 4 is 30.0 Å². The zero-order valence-corrected chi connectivity index (χ0v) is 7.31. The van der Waals surface area contributed by atoms with Crippen LogP contribution in [0.3, 0.4) is 0 Å². The molecule has 6 heteroatoms. The van der Waals surface area contributed by atoms with E-state index < -0.39 is 0 Å². The predicted molar refractivity (Wildman–Crippen MR) is 50.3 cm³/mol. The third kappa shape index (κ3) is 1.48. The highest BCUT2D eigenvalue weighted by Crippen LogP contribution is 2.15. The molecule has 0 radical (unpaired) electrons. The smallest absolute Gasteiger partial charge is 0.279 e. The van der Waals surface area contributed by atoms with Gasteiger partial charge in [-0.25, -0.2) is 4.98 Å². The standard InChI is InChI=1S/C6H8N4OS/c1-8-3-4(7)9-6(12-2)10-5(3)11/h1H2,2H3,(H3,7,9,10,11). The summed E-state index contributed by atoms with van der Waals surface area (Å²) in [5.41, 5.74) is 5.15. The van der Waals surface area contributed by atoms with Crippen LogP contribution in [0.5, 0.6) is 0 Å². The van der Waals surface area contributed by atoms with E-state index in [1.165, 1.54) is 11.8 Å². The molecule has 0 aliphatic rings. The number of nitrogens with zero attached hydrogens (tertiary/aromatic N) is 2. The van der Waals surface area contributed by atoms with E-state index in [1.54, 1.807) is 6.26 Å². The molecule has 0 unspecified atom stereocenters. The van der Waals surface area contributed by atoms with E-state index in [-0.39, 0.29) is 17.1 Å². The lowest BCUT2D eigenvalue weighted by atomic mass is 10.5. The lowest BCUT2D eigenvalue weighted by Gasteiger charge is -1.99. The molecule has 0 saturated heterocycles. The minimum Gasteiger partial charge on any atom is -0.382 e. The van der Waals surface area contributed by atoms with Crippen LogP contribution in [-0.2, 0) is 0 Å². The molecule has 0 fully saturated rings. The molecule has 5 nitrogen and oxygen atoms in total.